The minimum atomic E-state index is -1.20. The Kier molecular flexibility index (Phi) is 6.27. The molecule has 0 aromatic heterocycles. The number of hydrogen-bond acceptors (Lipinski definition) is 5. The molecule has 5 rings (SSSR count). The van der Waals surface area contributed by atoms with E-state index in [9.17, 15) is 19.5 Å². The maximum atomic E-state index is 14.0. The largest absolute Gasteiger partial charge is 0.396 e. The highest BCUT2D eigenvalue weighted by Crippen LogP contribution is 2.53. The number of hydrogen-bond donors (Lipinski definition) is 1. The van der Waals surface area contributed by atoms with Gasteiger partial charge in [0, 0.05) is 38.0 Å². The van der Waals surface area contributed by atoms with Crippen molar-refractivity contribution < 1.29 is 24.2 Å². The number of carbonyl (C=O) groups is 3. The van der Waals surface area contributed by atoms with Gasteiger partial charge in [-0.2, -0.15) is 0 Å². The second-order valence-corrected chi connectivity index (χ2v) is 10.0. The molecule has 2 saturated heterocycles. The zero-order valence-electron chi connectivity index (χ0n) is 20.2. The van der Waals surface area contributed by atoms with Gasteiger partial charge in [0.1, 0.15) is 11.6 Å². The van der Waals surface area contributed by atoms with E-state index in [2.05, 4.69) is 0 Å². The van der Waals surface area contributed by atoms with Crippen molar-refractivity contribution in [2.45, 2.75) is 50.5 Å². The monoisotopic (exact) mass is 479 g/mol. The lowest BCUT2D eigenvalue weighted by molar-refractivity contribution is -0.148. The Morgan fingerprint density at radius 3 is 2.51 bits per heavy atom. The lowest BCUT2D eigenvalue weighted by atomic mass is 9.77. The maximum Gasteiger partial charge on any atom is 0.249 e. The Morgan fingerprint density at radius 2 is 1.80 bits per heavy atom. The third kappa shape index (κ3) is 3.70. The molecule has 4 heterocycles. The van der Waals surface area contributed by atoms with Crippen LogP contribution in [-0.4, -0.2) is 82.7 Å². The Balaban J connectivity index is 1.58. The summed E-state index contributed by atoms with van der Waals surface area (Å²) in [7, 11) is 0. The summed E-state index contributed by atoms with van der Waals surface area (Å²) < 4.78 is 6.62. The molecule has 3 amide bonds. The van der Waals surface area contributed by atoms with Crippen LogP contribution in [0.2, 0.25) is 0 Å². The number of nitrogens with zero attached hydrogens (tertiary/aromatic N) is 3. The van der Waals surface area contributed by atoms with Crippen molar-refractivity contribution in [3.05, 3.63) is 54.6 Å². The molecule has 2 fully saturated rings. The fourth-order valence-electron chi connectivity index (χ4n) is 6.09. The molecule has 0 aliphatic carbocycles. The van der Waals surface area contributed by atoms with Crippen molar-refractivity contribution >= 4 is 23.4 Å². The quantitative estimate of drug-likeness (QED) is 0.496. The number of para-hydroxylation sites is 1. The predicted octanol–water partition coefficient (Wildman–Crippen LogP) is 1.75. The van der Waals surface area contributed by atoms with Crippen molar-refractivity contribution in [1.82, 2.24) is 9.80 Å². The van der Waals surface area contributed by atoms with Gasteiger partial charge in [-0.3, -0.25) is 14.4 Å². The second kappa shape index (κ2) is 9.24. The van der Waals surface area contributed by atoms with Gasteiger partial charge in [-0.25, -0.2) is 0 Å². The van der Waals surface area contributed by atoms with Crippen LogP contribution in [0, 0.1) is 11.8 Å². The van der Waals surface area contributed by atoms with Crippen molar-refractivity contribution in [2.24, 2.45) is 11.8 Å². The molecule has 35 heavy (non-hydrogen) atoms. The van der Waals surface area contributed by atoms with E-state index in [0.29, 0.717) is 32.5 Å². The smallest absolute Gasteiger partial charge is 0.249 e. The van der Waals surface area contributed by atoms with Crippen LogP contribution in [0.15, 0.2) is 54.6 Å². The van der Waals surface area contributed by atoms with Crippen LogP contribution < -0.4 is 4.90 Å². The number of rotatable bonds is 6. The summed E-state index contributed by atoms with van der Waals surface area (Å²) in [5, 5.41) is 9.30. The van der Waals surface area contributed by atoms with Gasteiger partial charge in [0.25, 0.3) is 0 Å². The highest BCUT2D eigenvalue weighted by atomic mass is 16.5. The topological polar surface area (TPSA) is 90.4 Å². The van der Waals surface area contributed by atoms with E-state index >= 15 is 0 Å². The van der Waals surface area contributed by atoms with Gasteiger partial charge in [-0.1, -0.05) is 42.5 Å². The standard InChI is InChI=1S/C27H33N3O5/c1-18(2)28-16-9-13-27-22(25(33)30(14-6-7-17-31)23(27)26(28)34)21-20(35-27)12-8-15-29(24(21)32)19-10-4-3-5-11-19/h3-5,8-13,18,20-23,31H,6-7,14-17H2,1-2H3/t20-,21+,22-,23?,27-/m0/s1. The average molecular weight is 480 g/mol. The number of carbonyl (C=O) groups excluding carboxylic acids is 3. The SMILES string of the molecule is CC(C)N1CC=C[C@]23O[C@H]4C=CCN(c5ccccc5)C(=O)[C@H]4[C@H]2C(=O)N(CCCCO)C3C1=O. The van der Waals surface area contributed by atoms with Gasteiger partial charge < -0.3 is 24.5 Å². The fourth-order valence-corrected chi connectivity index (χ4v) is 6.09. The van der Waals surface area contributed by atoms with Gasteiger partial charge in [0.15, 0.2) is 0 Å². The van der Waals surface area contributed by atoms with E-state index in [0.717, 1.165) is 5.69 Å². The second-order valence-electron chi connectivity index (χ2n) is 10.0. The summed E-state index contributed by atoms with van der Waals surface area (Å²) in [6.07, 6.45) is 8.08. The van der Waals surface area contributed by atoms with E-state index in [-0.39, 0.29) is 30.4 Å². The van der Waals surface area contributed by atoms with E-state index < -0.39 is 29.6 Å². The molecule has 4 aliphatic heterocycles. The summed E-state index contributed by atoms with van der Waals surface area (Å²) >= 11 is 0. The first-order chi connectivity index (χ1) is 16.9. The van der Waals surface area contributed by atoms with Gasteiger partial charge in [0.2, 0.25) is 17.7 Å². The van der Waals surface area contributed by atoms with Crippen molar-refractivity contribution in [2.75, 3.05) is 31.1 Å². The molecular weight excluding hydrogens is 446 g/mol. The molecule has 0 saturated carbocycles. The molecule has 5 atom stereocenters. The van der Waals surface area contributed by atoms with Crippen LogP contribution in [0.25, 0.3) is 0 Å². The lowest BCUT2D eigenvalue weighted by Crippen LogP contribution is -2.56. The van der Waals surface area contributed by atoms with Gasteiger partial charge >= 0.3 is 0 Å². The molecule has 4 aliphatic rings. The fraction of sp³-hybridized carbons (Fsp3) is 0.519. The first-order valence-corrected chi connectivity index (χ1v) is 12.5. The molecule has 1 spiro atoms. The van der Waals surface area contributed by atoms with Crippen molar-refractivity contribution in [3.8, 4) is 0 Å². The number of benzene rings is 1. The molecule has 0 bridgehead atoms. The van der Waals surface area contributed by atoms with E-state index in [1.54, 1.807) is 14.7 Å². The van der Waals surface area contributed by atoms with Crippen molar-refractivity contribution in [1.29, 1.82) is 0 Å². The van der Waals surface area contributed by atoms with E-state index in [4.69, 9.17) is 4.74 Å². The third-order valence-electron chi connectivity index (χ3n) is 7.69. The van der Waals surface area contributed by atoms with E-state index in [1.165, 1.54) is 0 Å². The maximum absolute atomic E-state index is 14.0. The summed E-state index contributed by atoms with van der Waals surface area (Å²) in [6.45, 7) is 5.09. The van der Waals surface area contributed by atoms with Crippen molar-refractivity contribution in [3.63, 3.8) is 0 Å². The van der Waals surface area contributed by atoms with Crippen LogP contribution in [0.5, 0.6) is 0 Å². The molecule has 1 aromatic carbocycles. The predicted molar refractivity (Wildman–Crippen MR) is 130 cm³/mol. The number of unbranched alkanes of at least 4 members (excludes halogenated alkanes) is 1. The molecule has 8 nitrogen and oxygen atoms in total. The number of aliphatic hydroxyl groups is 1. The molecule has 8 heteroatoms. The average Bonchev–Trinajstić information content (AvgIpc) is 3.14. The number of ether oxygens (including phenoxy) is 1. The Morgan fingerprint density at radius 1 is 1.03 bits per heavy atom. The lowest BCUT2D eigenvalue weighted by Gasteiger charge is -2.36. The molecular formula is C27H33N3O5. The third-order valence-corrected chi connectivity index (χ3v) is 7.69. The molecule has 1 aromatic rings. The number of amides is 3. The van der Waals surface area contributed by atoms with Gasteiger partial charge in [-0.15, -0.1) is 0 Å². The highest BCUT2D eigenvalue weighted by Gasteiger charge is 2.71. The first kappa shape index (κ1) is 23.8. The Bertz CT molecular complexity index is 1050. The molecule has 1 N–H and O–H groups in total. The zero-order chi connectivity index (χ0) is 24.7. The summed E-state index contributed by atoms with van der Waals surface area (Å²) in [5.74, 6) is -2.06. The minimum Gasteiger partial charge on any atom is -0.396 e. The molecule has 0 radical (unpaired) electrons. The van der Waals surface area contributed by atoms with Crippen LogP contribution in [0.3, 0.4) is 0 Å². The summed E-state index contributed by atoms with van der Waals surface area (Å²) in [6, 6.07) is 8.55. The van der Waals surface area contributed by atoms with Gasteiger partial charge in [-0.05, 0) is 38.8 Å². The number of fused-ring (bicyclic) bond motifs is 2. The normalized spacial score (nSPS) is 32.1. The van der Waals surface area contributed by atoms with Gasteiger partial charge in [0.05, 0.1) is 17.9 Å². The molecule has 186 valence electrons. The van der Waals surface area contributed by atoms with E-state index in [1.807, 2.05) is 68.5 Å². The Hall–Kier alpha value is -2.97. The Labute approximate surface area is 205 Å². The number of likely N-dealkylation sites (tertiary alicyclic amines) is 1. The summed E-state index contributed by atoms with van der Waals surface area (Å²) in [5.41, 5.74) is -0.435. The number of anilines is 1. The van der Waals surface area contributed by atoms with Crippen LogP contribution in [-0.2, 0) is 19.1 Å². The number of aliphatic hydroxyl groups excluding tert-OH is 1. The zero-order valence-corrected chi connectivity index (χ0v) is 20.2. The van der Waals surface area contributed by atoms with Crippen LogP contribution in [0.4, 0.5) is 5.69 Å². The minimum absolute atomic E-state index is 0.0176. The summed E-state index contributed by atoms with van der Waals surface area (Å²) in [4.78, 5) is 46.9. The van der Waals surface area contributed by atoms with Crippen LogP contribution in [0.1, 0.15) is 26.7 Å². The first-order valence-electron chi connectivity index (χ1n) is 12.5. The molecule has 1 unspecified atom stereocenters. The van der Waals surface area contributed by atoms with Crippen LogP contribution >= 0.6 is 0 Å². The highest BCUT2D eigenvalue weighted by molar-refractivity contribution is 6.03.